The molecule has 0 spiro atoms. The summed E-state index contributed by atoms with van der Waals surface area (Å²) < 4.78 is 2.39. The molecule has 1 unspecified atom stereocenters. The van der Waals surface area contributed by atoms with E-state index in [4.69, 9.17) is 0 Å². The molecule has 158 valence electrons. The minimum atomic E-state index is 0.577. The van der Waals surface area contributed by atoms with Crippen LogP contribution < -0.4 is 0 Å². The summed E-state index contributed by atoms with van der Waals surface area (Å²) in [7, 11) is 2.21. The van der Waals surface area contributed by atoms with Crippen molar-refractivity contribution in [3.63, 3.8) is 0 Å². The van der Waals surface area contributed by atoms with Crippen LogP contribution in [0.1, 0.15) is 44.2 Å². The molecule has 32 heavy (non-hydrogen) atoms. The van der Waals surface area contributed by atoms with Crippen molar-refractivity contribution in [1.29, 1.82) is 0 Å². The molecule has 7 rings (SSSR count). The molecule has 0 bridgehead atoms. The SMILES string of the molecule is CC.CC1CC=Cc2cc3c(cc21)c1ccc2[nH]c4c5ccccc5ccc4c2c1n3C. The van der Waals surface area contributed by atoms with Crippen LogP contribution in [0, 0.1) is 0 Å². The highest BCUT2D eigenvalue weighted by Gasteiger charge is 2.19. The van der Waals surface area contributed by atoms with E-state index in [2.05, 4.69) is 96.3 Å². The van der Waals surface area contributed by atoms with E-state index in [0.717, 1.165) is 6.42 Å². The lowest BCUT2D eigenvalue weighted by Crippen LogP contribution is -2.00. The molecular formula is C30H28N2. The lowest BCUT2D eigenvalue weighted by Gasteiger charge is -2.18. The van der Waals surface area contributed by atoms with Crippen molar-refractivity contribution in [2.45, 2.75) is 33.1 Å². The minimum Gasteiger partial charge on any atom is -0.354 e. The lowest BCUT2D eigenvalue weighted by molar-refractivity contribution is 0.773. The maximum Gasteiger partial charge on any atom is 0.0590 e. The molecule has 0 aliphatic heterocycles. The Kier molecular flexibility index (Phi) is 4.19. The molecule has 1 atom stereocenters. The second kappa shape index (κ2) is 7.00. The standard InChI is InChI=1S/C28H22N2.C2H6/c1-16-6-5-8-18-14-25-23(15-22(16)18)20-12-13-24-26(28(20)30(25)2)21-11-10-17-7-3-4-9-19(17)27(21)29-24;1-2/h3-5,7-16,29H,6H2,1-2H3;1-2H3. The number of aromatic amines is 1. The number of allylic oxidation sites excluding steroid dienone is 1. The Bertz CT molecular complexity index is 1690. The third-order valence-electron chi connectivity index (χ3n) is 7.14. The van der Waals surface area contributed by atoms with Gasteiger partial charge in [-0.15, -0.1) is 0 Å². The summed E-state index contributed by atoms with van der Waals surface area (Å²) in [6.07, 6.45) is 5.73. The molecule has 0 amide bonds. The second-order valence-corrected chi connectivity index (χ2v) is 8.81. The molecule has 2 aromatic heterocycles. The monoisotopic (exact) mass is 416 g/mol. The quantitative estimate of drug-likeness (QED) is 0.256. The number of H-pyrrole nitrogens is 1. The number of aromatic nitrogens is 2. The van der Waals surface area contributed by atoms with Crippen LogP contribution in [-0.2, 0) is 7.05 Å². The first-order valence-corrected chi connectivity index (χ1v) is 11.8. The Morgan fingerprint density at radius 2 is 1.69 bits per heavy atom. The Morgan fingerprint density at radius 1 is 0.875 bits per heavy atom. The number of nitrogens with one attached hydrogen (secondary N) is 1. The molecule has 0 saturated heterocycles. The number of aryl methyl sites for hydroxylation is 1. The van der Waals surface area contributed by atoms with Gasteiger partial charge in [-0.1, -0.05) is 75.4 Å². The summed E-state index contributed by atoms with van der Waals surface area (Å²) >= 11 is 0. The highest BCUT2D eigenvalue weighted by molar-refractivity contribution is 6.27. The minimum absolute atomic E-state index is 0.577. The largest absolute Gasteiger partial charge is 0.354 e. The van der Waals surface area contributed by atoms with Gasteiger partial charge in [-0.05, 0) is 47.1 Å². The third kappa shape index (κ3) is 2.47. The highest BCUT2D eigenvalue weighted by Crippen LogP contribution is 2.41. The second-order valence-electron chi connectivity index (χ2n) is 8.81. The van der Waals surface area contributed by atoms with Crippen LogP contribution in [0.5, 0.6) is 0 Å². The number of benzene rings is 4. The van der Waals surface area contributed by atoms with Gasteiger partial charge >= 0.3 is 0 Å². The first kappa shape index (κ1) is 19.2. The van der Waals surface area contributed by atoms with Crippen LogP contribution in [-0.4, -0.2) is 9.55 Å². The van der Waals surface area contributed by atoms with Gasteiger partial charge in [0, 0.05) is 45.0 Å². The van der Waals surface area contributed by atoms with Gasteiger partial charge in [0.15, 0.2) is 0 Å². The fourth-order valence-electron chi connectivity index (χ4n) is 5.61. The molecule has 1 aliphatic carbocycles. The summed E-state index contributed by atoms with van der Waals surface area (Å²) in [6, 6.07) is 22.5. The van der Waals surface area contributed by atoms with E-state index < -0.39 is 0 Å². The van der Waals surface area contributed by atoms with Crippen LogP contribution in [0.3, 0.4) is 0 Å². The fraction of sp³-hybridized carbons (Fsp3) is 0.200. The fourth-order valence-corrected chi connectivity index (χ4v) is 5.61. The van der Waals surface area contributed by atoms with Gasteiger partial charge in [-0.25, -0.2) is 0 Å². The van der Waals surface area contributed by atoms with E-state index >= 15 is 0 Å². The molecule has 6 aromatic rings. The van der Waals surface area contributed by atoms with E-state index in [-0.39, 0.29) is 0 Å². The summed E-state index contributed by atoms with van der Waals surface area (Å²) in [5.41, 5.74) is 7.92. The summed E-state index contributed by atoms with van der Waals surface area (Å²) in [4.78, 5) is 3.72. The van der Waals surface area contributed by atoms with E-state index in [0.29, 0.717) is 5.92 Å². The van der Waals surface area contributed by atoms with Crippen molar-refractivity contribution in [3.8, 4) is 0 Å². The molecule has 2 nitrogen and oxygen atoms in total. The van der Waals surface area contributed by atoms with Gasteiger partial charge in [0.2, 0.25) is 0 Å². The summed E-state index contributed by atoms with van der Waals surface area (Å²) in [5, 5.41) is 7.90. The van der Waals surface area contributed by atoms with Gasteiger partial charge in [0.05, 0.1) is 11.0 Å². The van der Waals surface area contributed by atoms with Gasteiger partial charge in [-0.3, -0.25) is 0 Å². The zero-order valence-electron chi connectivity index (χ0n) is 19.2. The Balaban J connectivity index is 0.000000953. The molecule has 1 N–H and O–H groups in total. The topological polar surface area (TPSA) is 20.7 Å². The van der Waals surface area contributed by atoms with Gasteiger partial charge in [0.25, 0.3) is 0 Å². The first-order valence-electron chi connectivity index (χ1n) is 11.8. The van der Waals surface area contributed by atoms with E-state index in [1.807, 2.05) is 13.8 Å². The van der Waals surface area contributed by atoms with E-state index in [1.165, 1.54) is 65.5 Å². The molecule has 0 fully saturated rings. The van der Waals surface area contributed by atoms with Gasteiger partial charge in [-0.2, -0.15) is 0 Å². The molecule has 2 heteroatoms. The molecule has 0 radical (unpaired) electrons. The lowest BCUT2D eigenvalue weighted by atomic mass is 9.87. The van der Waals surface area contributed by atoms with Crippen molar-refractivity contribution in [3.05, 3.63) is 77.9 Å². The predicted molar refractivity (Wildman–Crippen MR) is 141 cm³/mol. The maximum atomic E-state index is 3.72. The van der Waals surface area contributed by atoms with Crippen molar-refractivity contribution < 1.29 is 0 Å². The smallest absolute Gasteiger partial charge is 0.0590 e. The predicted octanol–water partition coefficient (Wildman–Crippen LogP) is 8.67. The normalized spacial score (nSPS) is 15.6. The van der Waals surface area contributed by atoms with Crippen LogP contribution in [0.25, 0.3) is 60.5 Å². The molecular weight excluding hydrogens is 388 g/mol. The average Bonchev–Trinajstić information content (AvgIpc) is 3.35. The zero-order chi connectivity index (χ0) is 22.0. The Hall–Kier alpha value is -3.52. The molecule has 0 saturated carbocycles. The van der Waals surface area contributed by atoms with E-state index in [9.17, 15) is 0 Å². The molecule has 4 aromatic carbocycles. The number of rotatable bonds is 0. The van der Waals surface area contributed by atoms with Crippen LogP contribution >= 0.6 is 0 Å². The average molecular weight is 417 g/mol. The zero-order valence-corrected chi connectivity index (χ0v) is 19.2. The summed E-state index contributed by atoms with van der Waals surface area (Å²) in [5.74, 6) is 0.577. The number of hydrogen-bond acceptors (Lipinski definition) is 0. The van der Waals surface area contributed by atoms with Crippen molar-refractivity contribution in [2.75, 3.05) is 0 Å². The summed E-state index contributed by atoms with van der Waals surface area (Å²) in [6.45, 7) is 6.34. The Labute approximate surface area is 188 Å². The van der Waals surface area contributed by atoms with Crippen LogP contribution in [0.4, 0.5) is 0 Å². The number of hydrogen-bond donors (Lipinski definition) is 1. The number of nitrogens with zero attached hydrogens (tertiary/aromatic N) is 1. The number of fused-ring (bicyclic) bond motifs is 10. The maximum absolute atomic E-state index is 3.72. The molecule has 2 heterocycles. The van der Waals surface area contributed by atoms with Crippen LogP contribution in [0.15, 0.2) is 66.7 Å². The Morgan fingerprint density at radius 3 is 2.56 bits per heavy atom. The third-order valence-corrected chi connectivity index (χ3v) is 7.14. The van der Waals surface area contributed by atoms with Crippen LogP contribution in [0.2, 0.25) is 0 Å². The van der Waals surface area contributed by atoms with Crippen molar-refractivity contribution in [1.82, 2.24) is 9.55 Å². The van der Waals surface area contributed by atoms with Crippen molar-refractivity contribution >= 4 is 60.5 Å². The van der Waals surface area contributed by atoms with E-state index in [1.54, 1.807) is 0 Å². The van der Waals surface area contributed by atoms with Gasteiger partial charge in [0.1, 0.15) is 0 Å². The highest BCUT2D eigenvalue weighted by atomic mass is 14.9. The first-order chi connectivity index (χ1) is 15.7. The molecule has 1 aliphatic rings. The van der Waals surface area contributed by atoms with Crippen molar-refractivity contribution in [2.24, 2.45) is 7.05 Å². The van der Waals surface area contributed by atoms with Gasteiger partial charge < -0.3 is 9.55 Å².